The van der Waals surface area contributed by atoms with Gasteiger partial charge in [0.2, 0.25) is 0 Å². The molecule has 0 amide bonds. The molecular weight excluding hydrogens is 287 g/mol. The molecule has 2 rings (SSSR count). The third-order valence-electron chi connectivity index (χ3n) is 3.31. The minimum Gasteiger partial charge on any atom is -0.481 e. The fourth-order valence-electron chi connectivity index (χ4n) is 2.17. The predicted octanol–water partition coefficient (Wildman–Crippen LogP) is 1.91. The molecule has 22 heavy (non-hydrogen) atoms. The summed E-state index contributed by atoms with van der Waals surface area (Å²) < 4.78 is 14.8. The quantitative estimate of drug-likeness (QED) is 0.727. The summed E-state index contributed by atoms with van der Waals surface area (Å²) in [5, 5.41) is 16.6. The number of unbranched alkanes of at least 4 members (excludes halogenated alkanes) is 1. The average Bonchev–Trinajstić information content (AvgIpc) is 2.92. The topological polar surface area (TPSA) is 94.0 Å². The number of rotatable bonds is 8. The van der Waals surface area contributed by atoms with E-state index in [4.69, 9.17) is 10.8 Å². The van der Waals surface area contributed by atoms with Gasteiger partial charge in [0.15, 0.2) is 0 Å². The average molecular weight is 306 g/mol. The highest BCUT2D eigenvalue weighted by atomic mass is 19.1. The van der Waals surface area contributed by atoms with Gasteiger partial charge < -0.3 is 10.8 Å². The van der Waals surface area contributed by atoms with Crippen molar-refractivity contribution in [2.24, 2.45) is 5.73 Å². The summed E-state index contributed by atoms with van der Waals surface area (Å²) in [6.07, 6.45) is 3.70. The lowest BCUT2D eigenvalue weighted by Crippen LogP contribution is -2.14. The number of aliphatic carboxylic acids is 1. The number of nitrogens with zero attached hydrogens (tertiary/aromatic N) is 3. The van der Waals surface area contributed by atoms with Crippen LogP contribution in [0.1, 0.15) is 36.6 Å². The second-order valence-corrected chi connectivity index (χ2v) is 5.20. The maximum Gasteiger partial charge on any atom is 0.303 e. The molecule has 0 aliphatic heterocycles. The molecule has 118 valence electrons. The zero-order chi connectivity index (χ0) is 15.9. The van der Waals surface area contributed by atoms with Crippen molar-refractivity contribution in [1.29, 1.82) is 0 Å². The molecule has 1 atom stereocenters. The lowest BCUT2D eigenvalue weighted by atomic mass is 10.0. The molecule has 0 aliphatic rings. The van der Waals surface area contributed by atoms with Crippen LogP contribution in [0, 0.1) is 5.82 Å². The van der Waals surface area contributed by atoms with E-state index in [0.717, 1.165) is 5.56 Å². The highest BCUT2D eigenvalue weighted by molar-refractivity contribution is 5.66. The first-order valence-electron chi connectivity index (χ1n) is 7.16. The van der Waals surface area contributed by atoms with Crippen molar-refractivity contribution in [3.05, 3.63) is 47.5 Å². The van der Waals surface area contributed by atoms with Crippen LogP contribution < -0.4 is 5.73 Å². The van der Waals surface area contributed by atoms with Crippen molar-refractivity contribution in [3.63, 3.8) is 0 Å². The van der Waals surface area contributed by atoms with Gasteiger partial charge >= 0.3 is 5.97 Å². The van der Waals surface area contributed by atoms with Crippen LogP contribution in [-0.4, -0.2) is 26.1 Å². The summed E-state index contributed by atoms with van der Waals surface area (Å²) >= 11 is 0. The first-order chi connectivity index (χ1) is 10.5. The molecule has 6 nitrogen and oxygen atoms in total. The molecule has 3 N–H and O–H groups in total. The van der Waals surface area contributed by atoms with Crippen LogP contribution >= 0.6 is 0 Å². The van der Waals surface area contributed by atoms with E-state index in [1.54, 1.807) is 16.9 Å². The van der Waals surface area contributed by atoms with Gasteiger partial charge in [-0.15, -0.1) is 5.10 Å². The van der Waals surface area contributed by atoms with Crippen LogP contribution in [0.3, 0.4) is 0 Å². The number of benzene rings is 1. The maximum atomic E-state index is 13.1. The second kappa shape index (κ2) is 7.65. The van der Waals surface area contributed by atoms with Gasteiger partial charge in [-0.3, -0.25) is 9.48 Å². The molecule has 2 aromatic rings. The Morgan fingerprint density at radius 3 is 2.95 bits per heavy atom. The Balaban J connectivity index is 1.86. The minimum absolute atomic E-state index is 0.153. The molecule has 7 heteroatoms. The third-order valence-corrected chi connectivity index (χ3v) is 3.31. The van der Waals surface area contributed by atoms with Crippen LogP contribution in [0.4, 0.5) is 4.39 Å². The number of carbonyl (C=O) groups is 1. The Morgan fingerprint density at radius 2 is 2.23 bits per heavy atom. The number of nitrogens with two attached hydrogens (primary N) is 1. The van der Waals surface area contributed by atoms with E-state index in [-0.39, 0.29) is 18.3 Å². The SMILES string of the molecule is NC(Cc1cccc(F)c1)c1cn(CCCCC(=O)O)nn1. The summed E-state index contributed by atoms with van der Waals surface area (Å²) in [5.41, 5.74) is 7.52. The summed E-state index contributed by atoms with van der Waals surface area (Å²) in [6, 6.07) is 5.96. The van der Waals surface area contributed by atoms with Crippen molar-refractivity contribution in [3.8, 4) is 0 Å². The Labute approximate surface area is 127 Å². The first kappa shape index (κ1) is 16.1. The number of carboxylic acids is 1. The Morgan fingerprint density at radius 1 is 1.41 bits per heavy atom. The number of aromatic nitrogens is 3. The molecule has 0 saturated carbocycles. The van der Waals surface area contributed by atoms with Crippen molar-refractivity contribution in [2.45, 2.75) is 38.3 Å². The van der Waals surface area contributed by atoms with Crippen LogP contribution in [0.2, 0.25) is 0 Å². The fraction of sp³-hybridized carbons (Fsp3) is 0.400. The highest BCUT2D eigenvalue weighted by Crippen LogP contribution is 2.14. The molecule has 0 fully saturated rings. The lowest BCUT2D eigenvalue weighted by molar-refractivity contribution is -0.137. The first-order valence-corrected chi connectivity index (χ1v) is 7.16. The van der Waals surface area contributed by atoms with E-state index in [1.165, 1.54) is 12.1 Å². The summed E-state index contributed by atoms with van der Waals surface area (Å²) in [6.45, 7) is 0.604. The zero-order valence-electron chi connectivity index (χ0n) is 12.2. The van der Waals surface area contributed by atoms with Crippen LogP contribution in [0.15, 0.2) is 30.5 Å². The number of halogens is 1. The van der Waals surface area contributed by atoms with E-state index in [1.807, 2.05) is 6.07 Å². The Bertz CT molecular complexity index is 630. The van der Waals surface area contributed by atoms with E-state index in [0.29, 0.717) is 31.5 Å². The highest BCUT2D eigenvalue weighted by Gasteiger charge is 2.12. The van der Waals surface area contributed by atoms with Crippen LogP contribution in [0.5, 0.6) is 0 Å². The second-order valence-electron chi connectivity index (χ2n) is 5.20. The van der Waals surface area contributed by atoms with Crippen molar-refractivity contribution >= 4 is 5.97 Å². The van der Waals surface area contributed by atoms with E-state index in [2.05, 4.69) is 10.3 Å². The monoisotopic (exact) mass is 306 g/mol. The molecular formula is C15H19FN4O2. The largest absolute Gasteiger partial charge is 0.481 e. The van der Waals surface area contributed by atoms with Gasteiger partial charge in [0.05, 0.1) is 17.9 Å². The molecule has 0 bridgehead atoms. The number of hydrogen-bond donors (Lipinski definition) is 2. The molecule has 1 aromatic heterocycles. The molecule has 1 aromatic carbocycles. The molecule has 1 heterocycles. The molecule has 0 saturated heterocycles. The van der Waals surface area contributed by atoms with Gasteiger partial charge in [-0.05, 0) is 37.0 Å². The lowest BCUT2D eigenvalue weighted by Gasteiger charge is -2.08. The van der Waals surface area contributed by atoms with Gasteiger partial charge in [-0.1, -0.05) is 17.3 Å². The van der Waals surface area contributed by atoms with Gasteiger partial charge in [-0.2, -0.15) is 0 Å². The standard InChI is InChI=1S/C15H19FN4O2/c16-12-5-3-4-11(8-12)9-13(17)14-10-20(19-18-14)7-2-1-6-15(21)22/h3-5,8,10,13H,1-2,6-7,9,17H2,(H,21,22). The fourth-order valence-corrected chi connectivity index (χ4v) is 2.17. The van der Waals surface area contributed by atoms with Gasteiger partial charge in [0.1, 0.15) is 5.82 Å². The smallest absolute Gasteiger partial charge is 0.303 e. The van der Waals surface area contributed by atoms with E-state index < -0.39 is 5.97 Å². The molecule has 0 radical (unpaired) electrons. The number of aryl methyl sites for hydroxylation is 1. The van der Waals surface area contributed by atoms with E-state index >= 15 is 0 Å². The Hall–Kier alpha value is -2.28. The summed E-state index contributed by atoms with van der Waals surface area (Å²) in [7, 11) is 0. The zero-order valence-corrected chi connectivity index (χ0v) is 12.2. The molecule has 0 spiro atoms. The van der Waals surface area contributed by atoms with Crippen LogP contribution in [-0.2, 0) is 17.8 Å². The van der Waals surface area contributed by atoms with Crippen molar-refractivity contribution < 1.29 is 14.3 Å². The summed E-state index contributed by atoms with van der Waals surface area (Å²) in [5.74, 6) is -1.08. The maximum absolute atomic E-state index is 13.1. The van der Waals surface area contributed by atoms with Gasteiger partial charge in [0, 0.05) is 13.0 Å². The van der Waals surface area contributed by atoms with E-state index in [9.17, 15) is 9.18 Å². The number of carboxylic acid groups (broad SMARTS) is 1. The van der Waals surface area contributed by atoms with Crippen molar-refractivity contribution in [1.82, 2.24) is 15.0 Å². The van der Waals surface area contributed by atoms with Gasteiger partial charge in [-0.25, -0.2) is 4.39 Å². The Kier molecular flexibility index (Phi) is 5.60. The third kappa shape index (κ3) is 4.92. The minimum atomic E-state index is -0.795. The number of hydrogen-bond acceptors (Lipinski definition) is 4. The normalized spacial score (nSPS) is 12.3. The van der Waals surface area contributed by atoms with Gasteiger partial charge in [0.25, 0.3) is 0 Å². The molecule has 0 aliphatic carbocycles. The van der Waals surface area contributed by atoms with Crippen molar-refractivity contribution in [2.75, 3.05) is 0 Å². The summed E-state index contributed by atoms with van der Waals surface area (Å²) in [4.78, 5) is 10.4. The van der Waals surface area contributed by atoms with Crippen LogP contribution in [0.25, 0.3) is 0 Å². The predicted molar refractivity (Wildman–Crippen MR) is 78.5 cm³/mol. The molecule has 1 unspecified atom stereocenters.